The zero-order chi connectivity index (χ0) is 18.1. The highest BCUT2D eigenvalue weighted by Gasteiger charge is 2.09. The maximum atomic E-state index is 13.8. The second kappa shape index (κ2) is 9.64. The van der Waals surface area contributed by atoms with Crippen LogP contribution in [0.2, 0.25) is 0 Å². The van der Waals surface area contributed by atoms with E-state index in [2.05, 4.69) is 15.6 Å². The van der Waals surface area contributed by atoms with Crippen LogP contribution >= 0.6 is 0 Å². The number of para-hydroxylation sites is 2. The third-order valence-corrected chi connectivity index (χ3v) is 3.50. The van der Waals surface area contributed by atoms with Crippen molar-refractivity contribution in [3.63, 3.8) is 0 Å². The van der Waals surface area contributed by atoms with Crippen LogP contribution in [-0.2, 0) is 11.3 Å². The molecule has 2 aromatic carbocycles. The molecular weight excluding hydrogens is 321 g/mol. The second-order valence-electron chi connectivity index (χ2n) is 5.57. The summed E-state index contributed by atoms with van der Waals surface area (Å²) in [5.41, 5.74) is 0.896. The molecule has 5 nitrogen and oxygen atoms in total. The van der Waals surface area contributed by atoms with Gasteiger partial charge in [-0.2, -0.15) is 0 Å². The Hall–Kier alpha value is -2.60. The molecule has 0 aliphatic heterocycles. The number of nitrogens with one attached hydrogen (secondary N) is 2. The van der Waals surface area contributed by atoms with Crippen molar-refractivity contribution in [2.75, 3.05) is 20.8 Å². The van der Waals surface area contributed by atoms with Gasteiger partial charge in [-0.3, -0.25) is 4.99 Å². The fourth-order valence-electron chi connectivity index (χ4n) is 2.29. The van der Waals surface area contributed by atoms with Crippen molar-refractivity contribution in [1.82, 2.24) is 10.6 Å². The van der Waals surface area contributed by atoms with Gasteiger partial charge in [-0.25, -0.2) is 4.39 Å². The molecule has 1 unspecified atom stereocenters. The van der Waals surface area contributed by atoms with Crippen molar-refractivity contribution < 1.29 is 13.9 Å². The molecule has 2 aromatic rings. The Bertz CT molecular complexity index is 707. The molecule has 0 aliphatic carbocycles. The lowest BCUT2D eigenvalue weighted by Gasteiger charge is -2.18. The molecule has 0 saturated carbocycles. The van der Waals surface area contributed by atoms with Crippen LogP contribution < -0.4 is 15.4 Å². The van der Waals surface area contributed by atoms with Gasteiger partial charge in [0, 0.05) is 32.3 Å². The van der Waals surface area contributed by atoms with Crippen LogP contribution in [0.4, 0.5) is 4.39 Å². The normalized spacial score (nSPS) is 12.6. The van der Waals surface area contributed by atoms with Crippen LogP contribution in [0.1, 0.15) is 12.5 Å². The van der Waals surface area contributed by atoms with Crippen LogP contribution in [0.3, 0.4) is 0 Å². The van der Waals surface area contributed by atoms with Crippen LogP contribution in [-0.4, -0.2) is 32.8 Å². The number of guanidine groups is 1. The Labute approximate surface area is 147 Å². The number of benzene rings is 2. The molecule has 6 heteroatoms. The molecule has 0 heterocycles. The average Bonchev–Trinajstić information content (AvgIpc) is 2.62. The highest BCUT2D eigenvalue weighted by atomic mass is 19.1. The predicted molar refractivity (Wildman–Crippen MR) is 97.6 cm³/mol. The minimum Gasteiger partial charge on any atom is -0.454 e. The van der Waals surface area contributed by atoms with Gasteiger partial charge in [-0.1, -0.05) is 30.3 Å². The molecule has 0 fully saturated rings. The first kappa shape index (κ1) is 18.7. The summed E-state index contributed by atoms with van der Waals surface area (Å²) in [6.45, 7) is 3.07. The first-order chi connectivity index (χ1) is 12.1. The summed E-state index contributed by atoms with van der Waals surface area (Å²) in [6.07, 6.45) is 0. The second-order valence-corrected chi connectivity index (χ2v) is 5.57. The van der Waals surface area contributed by atoms with Crippen molar-refractivity contribution in [3.05, 3.63) is 59.9 Å². The van der Waals surface area contributed by atoms with E-state index in [1.165, 1.54) is 6.07 Å². The number of hydrogen-bond donors (Lipinski definition) is 2. The van der Waals surface area contributed by atoms with Gasteiger partial charge in [-0.05, 0) is 25.1 Å². The number of aliphatic imine (C=N–C) groups is 1. The average molecular weight is 345 g/mol. The number of halogens is 1. The largest absolute Gasteiger partial charge is 0.454 e. The number of methoxy groups -OCH3 is 1. The van der Waals surface area contributed by atoms with Crippen molar-refractivity contribution >= 4 is 5.96 Å². The van der Waals surface area contributed by atoms with Gasteiger partial charge in [0.05, 0.1) is 6.61 Å². The number of rotatable bonds is 7. The molecule has 0 saturated heterocycles. The summed E-state index contributed by atoms with van der Waals surface area (Å²) in [5.74, 6) is 1.06. The fourth-order valence-corrected chi connectivity index (χ4v) is 2.29. The summed E-state index contributed by atoms with van der Waals surface area (Å²) in [4.78, 5) is 4.19. The van der Waals surface area contributed by atoms with E-state index in [1.54, 1.807) is 32.4 Å². The summed E-state index contributed by atoms with van der Waals surface area (Å²) >= 11 is 0. The molecule has 2 rings (SSSR count). The molecule has 0 bridgehead atoms. The monoisotopic (exact) mass is 345 g/mol. The Morgan fingerprint density at radius 3 is 2.48 bits per heavy atom. The van der Waals surface area contributed by atoms with Gasteiger partial charge in [0.1, 0.15) is 5.75 Å². The third kappa shape index (κ3) is 5.76. The lowest BCUT2D eigenvalue weighted by Crippen LogP contribution is -2.43. The van der Waals surface area contributed by atoms with Crippen molar-refractivity contribution in [3.8, 4) is 11.5 Å². The SMILES string of the molecule is CN=C(NCc1ccccc1Oc1ccccc1F)NC(C)COC. The molecule has 0 aliphatic rings. The molecular formula is C19H24FN3O2. The van der Waals surface area contributed by atoms with E-state index in [0.717, 1.165) is 5.56 Å². The van der Waals surface area contributed by atoms with Crippen molar-refractivity contribution in [2.24, 2.45) is 4.99 Å². The first-order valence-corrected chi connectivity index (χ1v) is 8.10. The van der Waals surface area contributed by atoms with E-state index < -0.39 is 5.82 Å². The molecule has 0 radical (unpaired) electrons. The third-order valence-electron chi connectivity index (χ3n) is 3.50. The van der Waals surface area contributed by atoms with E-state index in [1.807, 2.05) is 31.2 Å². The van der Waals surface area contributed by atoms with E-state index in [0.29, 0.717) is 24.9 Å². The van der Waals surface area contributed by atoms with E-state index in [4.69, 9.17) is 9.47 Å². The number of ether oxygens (including phenoxy) is 2. The highest BCUT2D eigenvalue weighted by Crippen LogP contribution is 2.27. The van der Waals surface area contributed by atoms with Gasteiger partial charge in [0.2, 0.25) is 0 Å². The Morgan fingerprint density at radius 1 is 1.12 bits per heavy atom. The smallest absolute Gasteiger partial charge is 0.191 e. The van der Waals surface area contributed by atoms with Crippen molar-refractivity contribution in [1.29, 1.82) is 0 Å². The summed E-state index contributed by atoms with van der Waals surface area (Å²) < 4.78 is 24.6. The Kier molecular flexibility index (Phi) is 7.22. The molecule has 1 atom stereocenters. The van der Waals surface area contributed by atoms with E-state index in [-0.39, 0.29) is 11.8 Å². The van der Waals surface area contributed by atoms with Crippen LogP contribution in [0.15, 0.2) is 53.5 Å². The van der Waals surface area contributed by atoms with Gasteiger partial charge in [-0.15, -0.1) is 0 Å². The van der Waals surface area contributed by atoms with Gasteiger partial charge < -0.3 is 20.1 Å². The van der Waals surface area contributed by atoms with E-state index >= 15 is 0 Å². The minimum atomic E-state index is -0.392. The lowest BCUT2D eigenvalue weighted by atomic mass is 10.2. The lowest BCUT2D eigenvalue weighted by molar-refractivity contribution is 0.179. The van der Waals surface area contributed by atoms with Crippen molar-refractivity contribution in [2.45, 2.75) is 19.5 Å². The van der Waals surface area contributed by atoms with Gasteiger partial charge in [0.15, 0.2) is 17.5 Å². The quantitative estimate of drug-likeness (QED) is 0.597. The standard InChI is InChI=1S/C19H24FN3O2/c1-14(13-24-3)23-19(21-2)22-12-15-8-4-6-10-17(15)25-18-11-7-5-9-16(18)20/h4-11,14H,12-13H2,1-3H3,(H2,21,22,23). The summed E-state index contributed by atoms with van der Waals surface area (Å²) in [5, 5.41) is 6.45. The van der Waals surface area contributed by atoms with Gasteiger partial charge >= 0.3 is 0 Å². The minimum absolute atomic E-state index is 0.126. The van der Waals surface area contributed by atoms with Gasteiger partial charge in [0.25, 0.3) is 0 Å². The highest BCUT2D eigenvalue weighted by molar-refractivity contribution is 5.80. The molecule has 134 valence electrons. The predicted octanol–water partition coefficient (Wildman–Crippen LogP) is 3.32. The Morgan fingerprint density at radius 2 is 1.80 bits per heavy atom. The van der Waals surface area contributed by atoms with E-state index in [9.17, 15) is 4.39 Å². The molecule has 0 spiro atoms. The Balaban J connectivity index is 2.04. The number of hydrogen-bond acceptors (Lipinski definition) is 3. The topological polar surface area (TPSA) is 54.9 Å². The van der Waals surface area contributed by atoms with Crippen LogP contribution in [0.25, 0.3) is 0 Å². The first-order valence-electron chi connectivity index (χ1n) is 8.10. The molecule has 0 amide bonds. The molecule has 25 heavy (non-hydrogen) atoms. The van der Waals surface area contributed by atoms with Crippen LogP contribution in [0.5, 0.6) is 11.5 Å². The zero-order valence-corrected chi connectivity index (χ0v) is 14.8. The summed E-state index contributed by atoms with van der Waals surface area (Å²) in [6, 6.07) is 14.0. The summed E-state index contributed by atoms with van der Waals surface area (Å²) in [7, 11) is 3.36. The molecule has 0 aromatic heterocycles. The fraction of sp³-hybridized carbons (Fsp3) is 0.316. The zero-order valence-electron chi connectivity index (χ0n) is 14.8. The maximum absolute atomic E-state index is 13.8. The van der Waals surface area contributed by atoms with Crippen LogP contribution in [0, 0.1) is 5.82 Å². The molecule has 2 N–H and O–H groups in total. The maximum Gasteiger partial charge on any atom is 0.191 e. The number of nitrogens with zero attached hydrogens (tertiary/aromatic N) is 1.